The van der Waals surface area contributed by atoms with Crippen molar-refractivity contribution in [2.24, 2.45) is 0 Å². The Kier molecular flexibility index (Phi) is 2.66. The van der Waals surface area contributed by atoms with Gasteiger partial charge in [-0.2, -0.15) is 5.10 Å². The highest BCUT2D eigenvalue weighted by Crippen LogP contribution is 2.28. The van der Waals surface area contributed by atoms with Crippen LogP contribution in [-0.2, 0) is 0 Å². The van der Waals surface area contributed by atoms with Gasteiger partial charge >= 0.3 is 5.97 Å². The van der Waals surface area contributed by atoms with Crippen molar-refractivity contribution < 1.29 is 9.90 Å². The maximum absolute atomic E-state index is 10.9. The highest BCUT2D eigenvalue weighted by atomic mass is 35.5. The molecule has 0 spiro atoms. The second-order valence-corrected chi connectivity index (χ2v) is 3.83. The van der Waals surface area contributed by atoms with Crippen molar-refractivity contribution in [3.05, 3.63) is 40.5 Å². The Balaban J connectivity index is 2.60. The maximum atomic E-state index is 10.9. The van der Waals surface area contributed by atoms with Crippen LogP contribution in [0.3, 0.4) is 0 Å². The number of nitrogens with one attached hydrogen (secondary N) is 1. The molecule has 2 rings (SSSR count). The largest absolute Gasteiger partial charge is 0.478 e. The molecule has 1 heterocycles. The van der Waals surface area contributed by atoms with Gasteiger partial charge in [-0.1, -0.05) is 17.7 Å². The number of aryl methyl sites for hydroxylation is 1. The molecule has 0 bridgehead atoms. The third-order valence-electron chi connectivity index (χ3n) is 2.35. The van der Waals surface area contributed by atoms with Gasteiger partial charge in [0.25, 0.3) is 0 Å². The zero-order valence-corrected chi connectivity index (χ0v) is 9.25. The molecule has 1 aromatic carbocycles. The number of hydrogen-bond donors (Lipinski definition) is 2. The van der Waals surface area contributed by atoms with Crippen LogP contribution in [0.25, 0.3) is 11.3 Å². The van der Waals surface area contributed by atoms with Crippen LogP contribution in [-0.4, -0.2) is 21.3 Å². The van der Waals surface area contributed by atoms with Gasteiger partial charge in [0.15, 0.2) is 0 Å². The van der Waals surface area contributed by atoms with Gasteiger partial charge in [0.1, 0.15) is 0 Å². The number of H-pyrrole nitrogens is 1. The number of aromatic nitrogens is 2. The lowest BCUT2D eigenvalue weighted by Gasteiger charge is -2.05. The summed E-state index contributed by atoms with van der Waals surface area (Å²) < 4.78 is 0. The Morgan fingerprint density at radius 1 is 1.50 bits per heavy atom. The van der Waals surface area contributed by atoms with E-state index in [2.05, 4.69) is 10.2 Å². The molecule has 0 atom stereocenters. The number of benzene rings is 1. The van der Waals surface area contributed by atoms with Crippen LogP contribution < -0.4 is 0 Å². The average molecular weight is 237 g/mol. The normalized spacial score (nSPS) is 10.4. The van der Waals surface area contributed by atoms with Crippen molar-refractivity contribution in [1.29, 1.82) is 0 Å². The number of rotatable bonds is 2. The van der Waals surface area contributed by atoms with Gasteiger partial charge in [0.05, 0.1) is 22.5 Å². The van der Waals surface area contributed by atoms with Crippen LogP contribution in [0.4, 0.5) is 0 Å². The maximum Gasteiger partial charge on any atom is 0.335 e. The van der Waals surface area contributed by atoms with Crippen LogP contribution in [0, 0.1) is 6.92 Å². The molecule has 5 heteroatoms. The van der Waals surface area contributed by atoms with Gasteiger partial charge in [0, 0.05) is 5.56 Å². The van der Waals surface area contributed by atoms with Crippen molar-refractivity contribution in [3.8, 4) is 11.3 Å². The number of halogens is 1. The molecule has 0 aliphatic carbocycles. The molecule has 0 saturated heterocycles. The third kappa shape index (κ3) is 1.79. The van der Waals surface area contributed by atoms with Crippen LogP contribution in [0.1, 0.15) is 15.9 Å². The van der Waals surface area contributed by atoms with E-state index in [1.54, 1.807) is 18.2 Å². The standard InChI is InChI=1S/C11H9ClN2O2/c1-6-2-3-7(11(15)16)4-8(6)10-9(12)5-13-14-10/h2-5H,1H3,(H,13,14)(H,15,16). The van der Waals surface area contributed by atoms with E-state index in [0.717, 1.165) is 11.1 Å². The fourth-order valence-electron chi connectivity index (χ4n) is 1.48. The summed E-state index contributed by atoms with van der Waals surface area (Å²) in [7, 11) is 0. The van der Waals surface area contributed by atoms with E-state index in [0.29, 0.717) is 10.7 Å². The predicted molar refractivity (Wildman–Crippen MR) is 60.7 cm³/mol. The first-order valence-corrected chi connectivity index (χ1v) is 5.00. The lowest BCUT2D eigenvalue weighted by molar-refractivity contribution is 0.0697. The highest BCUT2D eigenvalue weighted by Gasteiger charge is 2.11. The molecule has 2 aromatic rings. The second-order valence-electron chi connectivity index (χ2n) is 3.43. The summed E-state index contributed by atoms with van der Waals surface area (Å²) in [6.07, 6.45) is 1.49. The van der Waals surface area contributed by atoms with Gasteiger partial charge in [-0.15, -0.1) is 0 Å². The van der Waals surface area contributed by atoms with E-state index in [9.17, 15) is 4.79 Å². The van der Waals surface area contributed by atoms with Crippen LogP contribution in [0.15, 0.2) is 24.4 Å². The third-order valence-corrected chi connectivity index (χ3v) is 2.63. The van der Waals surface area contributed by atoms with Gasteiger partial charge < -0.3 is 5.11 Å². The lowest BCUT2D eigenvalue weighted by atomic mass is 10.0. The first-order chi connectivity index (χ1) is 7.59. The van der Waals surface area contributed by atoms with E-state index in [-0.39, 0.29) is 5.56 Å². The zero-order chi connectivity index (χ0) is 11.7. The van der Waals surface area contributed by atoms with E-state index in [1.807, 2.05) is 6.92 Å². The quantitative estimate of drug-likeness (QED) is 0.843. The fraction of sp³-hybridized carbons (Fsp3) is 0.0909. The molecule has 0 aliphatic rings. The predicted octanol–water partition coefficient (Wildman–Crippen LogP) is 2.74. The minimum absolute atomic E-state index is 0.228. The Hall–Kier alpha value is -1.81. The molecular formula is C11H9ClN2O2. The number of nitrogens with zero attached hydrogens (tertiary/aromatic N) is 1. The summed E-state index contributed by atoms with van der Waals surface area (Å²) in [6.45, 7) is 1.89. The molecule has 1 aromatic heterocycles. The number of carboxylic acid groups (broad SMARTS) is 1. The summed E-state index contributed by atoms with van der Waals surface area (Å²) in [5.41, 5.74) is 2.56. The van der Waals surface area contributed by atoms with Crippen molar-refractivity contribution in [1.82, 2.24) is 10.2 Å². The van der Waals surface area contributed by atoms with Crippen molar-refractivity contribution in [3.63, 3.8) is 0 Å². The topological polar surface area (TPSA) is 66.0 Å². The number of hydrogen-bond acceptors (Lipinski definition) is 2. The van der Waals surface area contributed by atoms with E-state index >= 15 is 0 Å². The minimum atomic E-state index is -0.961. The smallest absolute Gasteiger partial charge is 0.335 e. The monoisotopic (exact) mass is 236 g/mol. The fourth-order valence-corrected chi connectivity index (χ4v) is 1.68. The molecule has 0 unspecified atom stereocenters. The molecule has 0 aliphatic heterocycles. The zero-order valence-electron chi connectivity index (χ0n) is 8.49. The van der Waals surface area contributed by atoms with E-state index < -0.39 is 5.97 Å². The molecule has 0 fully saturated rings. The number of carbonyl (C=O) groups is 1. The highest BCUT2D eigenvalue weighted by molar-refractivity contribution is 6.33. The van der Waals surface area contributed by atoms with Crippen molar-refractivity contribution in [2.75, 3.05) is 0 Å². The van der Waals surface area contributed by atoms with Crippen molar-refractivity contribution in [2.45, 2.75) is 6.92 Å². The van der Waals surface area contributed by atoms with Crippen LogP contribution in [0.5, 0.6) is 0 Å². The molecule has 0 saturated carbocycles. The summed E-state index contributed by atoms with van der Waals surface area (Å²) in [6, 6.07) is 4.89. The van der Waals surface area contributed by atoms with Crippen molar-refractivity contribution >= 4 is 17.6 Å². The SMILES string of the molecule is Cc1ccc(C(=O)O)cc1-c1[nH]ncc1Cl. The molecule has 0 amide bonds. The Bertz CT molecular complexity index is 549. The molecule has 2 N–H and O–H groups in total. The van der Waals surface area contributed by atoms with E-state index in [1.165, 1.54) is 6.20 Å². The lowest BCUT2D eigenvalue weighted by Crippen LogP contribution is -1.97. The van der Waals surface area contributed by atoms with Crippen LogP contribution in [0.2, 0.25) is 5.02 Å². The second kappa shape index (κ2) is 3.98. The summed E-state index contributed by atoms with van der Waals surface area (Å²) in [5, 5.41) is 15.9. The van der Waals surface area contributed by atoms with Gasteiger partial charge in [-0.3, -0.25) is 5.10 Å². The van der Waals surface area contributed by atoms with Gasteiger partial charge in [0.2, 0.25) is 0 Å². The molecule has 0 radical (unpaired) electrons. The summed E-state index contributed by atoms with van der Waals surface area (Å²) >= 11 is 5.94. The molecular weight excluding hydrogens is 228 g/mol. The van der Waals surface area contributed by atoms with Crippen LogP contribution >= 0.6 is 11.6 Å². The first kappa shape index (κ1) is 10.7. The summed E-state index contributed by atoms with van der Waals surface area (Å²) in [5.74, 6) is -0.961. The van der Waals surface area contributed by atoms with Gasteiger partial charge in [-0.25, -0.2) is 4.79 Å². The average Bonchev–Trinajstić information content (AvgIpc) is 2.65. The Labute approximate surface area is 96.9 Å². The Morgan fingerprint density at radius 2 is 2.25 bits per heavy atom. The molecule has 4 nitrogen and oxygen atoms in total. The first-order valence-electron chi connectivity index (χ1n) is 4.63. The van der Waals surface area contributed by atoms with E-state index in [4.69, 9.17) is 16.7 Å². The number of carboxylic acids is 1. The number of aromatic amines is 1. The summed E-state index contributed by atoms with van der Waals surface area (Å²) in [4.78, 5) is 10.9. The van der Waals surface area contributed by atoms with Gasteiger partial charge in [-0.05, 0) is 24.6 Å². The Morgan fingerprint density at radius 3 is 2.81 bits per heavy atom. The molecule has 82 valence electrons. The molecule has 16 heavy (non-hydrogen) atoms. The number of aromatic carboxylic acids is 1. The minimum Gasteiger partial charge on any atom is -0.478 e.